The van der Waals surface area contributed by atoms with Crippen molar-refractivity contribution < 1.29 is 29.4 Å². The van der Waals surface area contributed by atoms with Gasteiger partial charge in [0.05, 0.1) is 39.1 Å². The molecule has 6 nitrogen and oxygen atoms in total. The molecule has 0 rings (SSSR count). The second-order valence-corrected chi connectivity index (χ2v) is 6.33. The first-order chi connectivity index (χ1) is 11.5. The number of unbranched alkanes of at least 4 members (excludes halogenated alkanes) is 2. The predicted molar refractivity (Wildman–Crippen MR) is 93.8 cm³/mol. The molecule has 0 saturated carbocycles. The van der Waals surface area contributed by atoms with Gasteiger partial charge in [0.2, 0.25) is 0 Å². The Hall–Kier alpha value is -1.40. The molecule has 0 aliphatic rings. The Morgan fingerprint density at radius 1 is 0.833 bits per heavy atom. The van der Waals surface area contributed by atoms with E-state index >= 15 is 0 Å². The fraction of sp³-hybridized carbons (Fsp3) is 0.778. The summed E-state index contributed by atoms with van der Waals surface area (Å²) in [6.07, 6.45) is 9.77. The van der Waals surface area contributed by atoms with Crippen molar-refractivity contribution in [3.8, 4) is 0 Å². The first-order valence-electron chi connectivity index (χ1n) is 9.00. The smallest absolute Gasteiger partial charge is 0.303 e. The molecule has 0 bridgehead atoms. The monoisotopic (exact) mass is 344 g/mol. The first kappa shape index (κ1) is 22.6. The molecular weight excluding hydrogens is 310 g/mol. The molecule has 6 heteroatoms. The van der Waals surface area contributed by atoms with E-state index < -0.39 is 11.9 Å². The van der Waals surface area contributed by atoms with Crippen LogP contribution in [0, 0.1) is 0 Å². The van der Waals surface area contributed by atoms with Gasteiger partial charge in [0, 0.05) is 12.8 Å². The topological polar surface area (TPSA) is 94.8 Å². The predicted octanol–water partition coefficient (Wildman–Crippen LogP) is 2.66. The summed E-state index contributed by atoms with van der Waals surface area (Å²) in [4.78, 5) is 21.5. The number of aliphatic carboxylic acids is 2. The Labute approximate surface area is 145 Å². The number of aliphatic hydroxyl groups excluding tert-OH is 1. The minimum Gasteiger partial charge on any atom is -0.481 e. The van der Waals surface area contributed by atoms with Gasteiger partial charge in [-0.25, -0.2) is 0 Å². The molecule has 0 aliphatic heterocycles. The van der Waals surface area contributed by atoms with Crippen molar-refractivity contribution >= 4 is 11.9 Å². The quantitative estimate of drug-likeness (QED) is 0.227. The maximum Gasteiger partial charge on any atom is 0.303 e. The summed E-state index contributed by atoms with van der Waals surface area (Å²) >= 11 is 0. The minimum absolute atomic E-state index is 0.0376. The zero-order valence-corrected chi connectivity index (χ0v) is 15.0. The summed E-state index contributed by atoms with van der Waals surface area (Å²) in [7, 11) is 0. The van der Waals surface area contributed by atoms with Crippen molar-refractivity contribution in [2.75, 3.05) is 32.8 Å². The van der Waals surface area contributed by atoms with E-state index in [2.05, 4.69) is 19.1 Å². The van der Waals surface area contributed by atoms with Gasteiger partial charge in [-0.2, -0.15) is 0 Å². The Balaban J connectivity index is 4.60. The Bertz CT molecular complexity index is 362. The number of carbonyl (C=O) groups is 2. The van der Waals surface area contributed by atoms with E-state index in [4.69, 9.17) is 10.2 Å². The number of rotatable bonds is 16. The summed E-state index contributed by atoms with van der Waals surface area (Å²) in [5.74, 6) is -1.63. The van der Waals surface area contributed by atoms with Crippen LogP contribution in [0.1, 0.15) is 58.3 Å². The molecule has 0 unspecified atom stereocenters. The molecule has 0 heterocycles. The summed E-state index contributed by atoms with van der Waals surface area (Å²) in [5.41, 5.74) is 0. The van der Waals surface area contributed by atoms with Gasteiger partial charge in [-0.05, 0) is 25.7 Å². The van der Waals surface area contributed by atoms with E-state index in [0.717, 1.165) is 32.2 Å². The van der Waals surface area contributed by atoms with Gasteiger partial charge in [-0.1, -0.05) is 19.1 Å². The average molecular weight is 344 g/mol. The van der Waals surface area contributed by atoms with Gasteiger partial charge >= 0.3 is 11.9 Å². The van der Waals surface area contributed by atoms with Crippen molar-refractivity contribution in [2.24, 2.45) is 0 Å². The molecule has 0 saturated heterocycles. The maximum atomic E-state index is 10.8. The van der Waals surface area contributed by atoms with Gasteiger partial charge < -0.3 is 19.8 Å². The van der Waals surface area contributed by atoms with Crippen LogP contribution in [0.4, 0.5) is 0 Å². The Kier molecular flexibility index (Phi) is 13.2. The summed E-state index contributed by atoms with van der Waals surface area (Å²) in [6, 6.07) is 0. The summed E-state index contributed by atoms with van der Waals surface area (Å²) < 4.78 is 0.620. The number of carboxylic acid groups (broad SMARTS) is 2. The maximum absolute atomic E-state index is 10.8. The fourth-order valence-electron chi connectivity index (χ4n) is 3.01. The number of allylic oxidation sites excluding steroid dienone is 2. The number of hydrogen-bond acceptors (Lipinski definition) is 3. The molecule has 0 aromatic carbocycles. The van der Waals surface area contributed by atoms with Gasteiger partial charge in [0.25, 0.3) is 0 Å². The summed E-state index contributed by atoms with van der Waals surface area (Å²) in [5, 5.41) is 27.1. The van der Waals surface area contributed by atoms with Crippen molar-refractivity contribution in [3.05, 3.63) is 12.2 Å². The first-order valence-corrected chi connectivity index (χ1v) is 9.00. The average Bonchev–Trinajstić information content (AvgIpc) is 2.50. The number of carboxylic acids is 2. The van der Waals surface area contributed by atoms with E-state index in [1.807, 2.05) is 0 Å². The lowest BCUT2D eigenvalue weighted by Crippen LogP contribution is -2.52. The van der Waals surface area contributed by atoms with E-state index in [0.29, 0.717) is 37.0 Å². The van der Waals surface area contributed by atoms with Crippen LogP contribution in [-0.2, 0) is 9.59 Å². The highest BCUT2D eigenvalue weighted by Gasteiger charge is 2.26. The van der Waals surface area contributed by atoms with Crippen LogP contribution >= 0.6 is 0 Å². The van der Waals surface area contributed by atoms with E-state index in [-0.39, 0.29) is 19.4 Å². The minimum atomic E-state index is -0.813. The molecule has 0 fully saturated rings. The van der Waals surface area contributed by atoms with E-state index in [1.165, 1.54) is 0 Å². The largest absolute Gasteiger partial charge is 0.481 e. The Morgan fingerprint density at radius 3 is 1.83 bits per heavy atom. The molecule has 0 aromatic heterocycles. The zero-order chi connectivity index (χ0) is 18.3. The van der Waals surface area contributed by atoms with Crippen LogP contribution in [0.5, 0.6) is 0 Å². The standard InChI is InChI=1S/C18H33NO5/c1-2-3-4-5-6-7-12-19(15-16-20,13-8-10-17(21)22)14-9-11-18(23)24/h3-4,20H,2,5-16H2,1H3,(H-,21,22,23,24)/p+1/b4-3+. The summed E-state index contributed by atoms with van der Waals surface area (Å²) in [6.45, 7) is 4.92. The lowest BCUT2D eigenvalue weighted by Gasteiger charge is -2.38. The Morgan fingerprint density at radius 2 is 1.38 bits per heavy atom. The van der Waals surface area contributed by atoms with Crippen molar-refractivity contribution in [1.29, 1.82) is 0 Å². The zero-order valence-electron chi connectivity index (χ0n) is 15.0. The number of hydrogen-bond donors (Lipinski definition) is 3. The van der Waals surface area contributed by atoms with Crippen LogP contribution in [0.25, 0.3) is 0 Å². The fourth-order valence-corrected chi connectivity index (χ4v) is 3.01. The molecule has 24 heavy (non-hydrogen) atoms. The molecule has 0 radical (unpaired) electrons. The van der Waals surface area contributed by atoms with Crippen molar-refractivity contribution in [2.45, 2.75) is 58.3 Å². The third-order valence-corrected chi connectivity index (χ3v) is 4.28. The third-order valence-electron chi connectivity index (χ3n) is 4.28. The van der Waals surface area contributed by atoms with E-state index in [9.17, 15) is 14.7 Å². The van der Waals surface area contributed by atoms with Gasteiger partial charge in [-0.3, -0.25) is 9.59 Å². The molecule has 140 valence electrons. The second kappa shape index (κ2) is 14.0. The van der Waals surface area contributed by atoms with Gasteiger partial charge in [0.1, 0.15) is 6.54 Å². The molecule has 0 aliphatic carbocycles. The van der Waals surface area contributed by atoms with Crippen LogP contribution < -0.4 is 0 Å². The highest BCUT2D eigenvalue weighted by molar-refractivity contribution is 5.66. The lowest BCUT2D eigenvalue weighted by molar-refractivity contribution is -0.929. The third kappa shape index (κ3) is 12.1. The molecule has 0 atom stereocenters. The second-order valence-electron chi connectivity index (χ2n) is 6.33. The van der Waals surface area contributed by atoms with Gasteiger partial charge in [0.15, 0.2) is 0 Å². The number of aliphatic hydroxyl groups is 1. The normalized spacial score (nSPS) is 11.9. The molecule has 0 spiro atoms. The van der Waals surface area contributed by atoms with Crippen molar-refractivity contribution in [3.63, 3.8) is 0 Å². The number of nitrogens with zero attached hydrogens (tertiary/aromatic N) is 1. The number of quaternary nitrogens is 1. The van der Waals surface area contributed by atoms with Crippen molar-refractivity contribution in [1.82, 2.24) is 0 Å². The highest BCUT2D eigenvalue weighted by Crippen LogP contribution is 2.15. The molecule has 0 amide bonds. The van der Waals surface area contributed by atoms with E-state index in [1.54, 1.807) is 0 Å². The highest BCUT2D eigenvalue weighted by atomic mass is 16.4. The van der Waals surface area contributed by atoms with Crippen LogP contribution in [-0.4, -0.2) is 64.5 Å². The lowest BCUT2D eigenvalue weighted by atomic mass is 10.1. The van der Waals surface area contributed by atoms with Crippen LogP contribution in [0.2, 0.25) is 0 Å². The van der Waals surface area contributed by atoms with Crippen LogP contribution in [0.15, 0.2) is 12.2 Å². The molecule has 0 aromatic rings. The molecular formula is C18H34NO5+. The van der Waals surface area contributed by atoms with Gasteiger partial charge in [-0.15, -0.1) is 0 Å². The van der Waals surface area contributed by atoms with Crippen LogP contribution in [0.3, 0.4) is 0 Å². The SMILES string of the molecule is CC/C=C/CCCC[N+](CCO)(CCCC(=O)O)CCCC(=O)O. The molecule has 3 N–H and O–H groups in total.